The van der Waals surface area contributed by atoms with E-state index in [-0.39, 0.29) is 36.4 Å². The Morgan fingerprint density at radius 2 is 2.25 bits per heavy atom. The van der Waals surface area contributed by atoms with Gasteiger partial charge in [-0.1, -0.05) is 0 Å². The molecule has 0 aromatic carbocycles. The number of rotatable bonds is 2. The van der Waals surface area contributed by atoms with Crippen molar-refractivity contribution in [1.29, 1.82) is 0 Å². The number of nitrogens with zero attached hydrogens (tertiary/aromatic N) is 1. The third kappa shape index (κ3) is 3.10. The van der Waals surface area contributed by atoms with Gasteiger partial charge in [-0.25, -0.2) is 4.79 Å². The molecule has 1 saturated heterocycles. The van der Waals surface area contributed by atoms with Crippen LogP contribution in [0, 0.1) is 0 Å². The highest BCUT2D eigenvalue weighted by molar-refractivity contribution is 5.87. The fourth-order valence-corrected chi connectivity index (χ4v) is 1.89. The Labute approximate surface area is 106 Å². The molecule has 1 aliphatic rings. The van der Waals surface area contributed by atoms with E-state index in [9.17, 15) is 4.79 Å². The van der Waals surface area contributed by atoms with Gasteiger partial charge in [0.25, 0.3) is 0 Å². The first kappa shape index (κ1) is 15.2. The average molecular weight is 268 g/mol. The van der Waals surface area contributed by atoms with Crippen LogP contribution < -0.4 is 5.32 Å². The van der Waals surface area contributed by atoms with E-state index >= 15 is 0 Å². The molecule has 2 heterocycles. The van der Waals surface area contributed by atoms with E-state index < -0.39 is 5.97 Å². The Morgan fingerprint density at radius 3 is 2.81 bits per heavy atom. The normalized spacial score (nSPS) is 19.4. The molecule has 0 spiro atoms. The van der Waals surface area contributed by atoms with E-state index in [1.54, 1.807) is 6.20 Å². The molecule has 2 rings (SSSR count). The molecular weight excluding hydrogens is 253 g/mol. The number of hydrogen-bond acceptors (Lipinski definition) is 3. The zero-order chi connectivity index (χ0) is 9.97. The van der Waals surface area contributed by atoms with Crippen molar-refractivity contribution >= 4 is 30.8 Å². The summed E-state index contributed by atoms with van der Waals surface area (Å²) in [6.45, 7) is 1.87. The standard InChI is InChI=1S/C9H13N3O2.2ClH/c13-9(14)8-7(5-11-12-8)6-2-1-3-10-4-6;;/h5-6,10H,1-4H2,(H,11,12)(H,13,14);2*1H. The summed E-state index contributed by atoms with van der Waals surface area (Å²) in [4.78, 5) is 10.8. The van der Waals surface area contributed by atoms with Crippen LogP contribution in [0.1, 0.15) is 34.8 Å². The Bertz CT molecular complexity index is 337. The molecule has 5 nitrogen and oxygen atoms in total. The lowest BCUT2D eigenvalue weighted by Gasteiger charge is -2.21. The minimum Gasteiger partial charge on any atom is -0.477 e. The van der Waals surface area contributed by atoms with Crippen molar-refractivity contribution < 1.29 is 9.90 Å². The Balaban J connectivity index is 0.00000112. The first-order chi connectivity index (χ1) is 6.79. The maximum Gasteiger partial charge on any atom is 0.354 e. The van der Waals surface area contributed by atoms with Crippen LogP contribution in [0.5, 0.6) is 0 Å². The number of hydrogen-bond donors (Lipinski definition) is 3. The molecule has 0 saturated carbocycles. The molecule has 1 fully saturated rings. The van der Waals surface area contributed by atoms with E-state index in [1.807, 2.05) is 0 Å². The highest BCUT2D eigenvalue weighted by atomic mass is 35.5. The van der Waals surface area contributed by atoms with Crippen LogP contribution in [0.15, 0.2) is 6.20 Å². The molecule has 7 heteroatoms. The van der Waals surface area contributed by atoms with Gasteiger partial charge in [0.1, 0.15) is 5.69 Å². The molecule has 1 unspecified atom stereocenters. The summed E-state index contributed by atoms with van der Waals surface area (Å²) in [6, 6.07) is 0. The largest absolute Gasteiger partial charge is 0.477 e. The van der Waals surface area contributed by atoms with E-state index in [4.69, 9.17) is 5.11 Å². The Kier molecular flexibility index (Phi) is 6.40. The highest BCUT2D eigenvalue weighted by Crippen LogP contribution is 2.24. The summed E-state index contributed by atoms with van der Waals surface area (Å²) in [6.07, 6.45) is 3.75. The van der Waals surface area contributed by atoms with Crippen molar-refractivity contribution in [2.75, 3.05) is 13.1 Å². The minimum atomic E-state index is -0.928. The van der Waals surface area contributed by atoms with Crippen LogP contribution in [0.25, 0.3) is 0 Å². The molecule has 92 valence electrons. The summed E-state index contributed by atoms with van der Waals surface area (Å²) in [7, 11) is 0. The summed E-state index contributed by atoms with van der Waals surface area (Å²) in [5.74, 6) is -0.642. The predicted molar refractivity (Wildman–Crippen MR) is 64.9 cm³/mol. The molecular formula is C9H15Cl2N3O2. The molecule has 1 aromatic heterocycles. The van der Waals surface area contributed by atoms with Crippen LogP contribution in [-0.2, 0) is 0 Å². The summed E-state index contributed by atoms with van der Waals surface area (Å²) >= 11 is 0. The van der Waals surface area contributed by atoms with E-state index in [2.05, 4.69) is 15.5 Å². The van der Waals surface area contributed by atoms with Crippen molar-refractivity contribution in [3.63, 3.8) is 0 Å². The van der Waals surface area contributed by atoms with Crippen LogP contribution in [0.4, 0.5) is 0 Å². The minimum absolute atomic E-state index is 0. The topological polar surface area (TPSA) is 78.0 Å². The van der Waals surface area contributed by atoms with E-state index in [0.29, 0.717) is 0 Å². The molecule has 1 aliphatic heterocycles. The van der Waals surface area contributed by atoms with Crippen molar-refractivity contribution in [2.24, 2.45) is 0 Å². The lowest BCUT2D eigenvalue weighted by atomic mass is 9.92. The Hall–Kier alpha value is -0.780. The smallest absolute Gasteiger partial charge is 0.354 e. The number of carboxylic acids is 1. The zero-order valence-corrected chi connectivity index (χ0v) is 10.2. The first-order valence-corrected chi connectivity index (χ1v) is 4.76. The van der Waals surface area contributed by atoms with Gasteiger partial charge in [0.15, 0.2) is 0 Å². The fraction of sp³-hybridized carbons (Fsp3) is 0.556. The van der Waals surface area contributed by atoms with Crippen molar-refractivity contribution in [3.8, 4) is 0 Å². The molecule has 0 bridgehead atoms. The quantitative estimate of drug-likeness (QED) is 0.758. The van der Waals surface area contributed by atoms with Crippen LogP contribution in [0.2, 0.25) is 0 Å². The average Bonchev–Trinajstić information content (AvgIpc) is 2.67. The van der Waals surface area contributed by atoms with Crippen molar-refractivity contribution in [1.82, 2.24) is 15.5 Å². The van der Waals surface area contributed by atoms with Crippen molar-refractivity contribution in [3.05, 3.63) is 17.5 Å². The number of aromatic carboxylic acids is 1. The van der Waals surface area contributed by atoms with Gasteiger partial charge < -0.3 is 10.4 Å². The van der Waals surface area contributed by atoms with Crippen LogP contribution >= 0.6 is 24.8 Å². The van der Waals surface area contributed by atoms with Gasteiger partial charge in [-0.15, -0.1) is 24.8 Å². The van der Waals surface area contributed by atoms with Gasteiger partial charge in [-0.3, -0.25) is 5.10 Å². The third-order valence-electron chi connectivity index (χ3n) is 2.62. The maximum absolute atomic E-state index is 10.8. The van der Waals surface area contributed by atoms with Gasteiger partial charge in [0.05, 0.1) is 6.20 Å². The van der Waals surface area contributed by atoms with Gasteiger partial charge in [-0.05, 0) is 19.4 Å². The first-order valence-electron chi connectivity index (χ1n) is 4.76. The lowest BCUT2D eigenvalue weighted by molar-refractivity contribution is 0.0688. The summed E-state index contributed by atoms with van der Waals surface area (Å²) in [5, 5.41) is 18.5. The number of nitrogens with one attached hydrogen (secondary N) is 2. The third-order valence-corrected chi connectivity index (χ3v) is 2.62. The second-order valence-electron chi connectivity index (χ2n) is 3.55. The molecule has 1 aromatic rings. The van der Waals surface area contributed by atoms with E-state index in [1.165, 1.54) is 0 Å². The van der Waals surface area contributed by atoms with Gasteiger partial charge in [0.2, 0.25) is 0 Å². The molecule has 0 aliphatic carbocycles. The molecule has 0 amide bonds. The maximum atomic E-state index is 10.8. The second-order valence-corrected chi connectivity index (χ2v) is 3.55. The van der Waals surface area contributed by atoms with Gasteiger partial charge in [-0.2, -0.15) is 5.10 Å². The SMILES string of the molecule is Cl.Cl.O=C(O)c1[nH]ncc1C1CCCNC1. The van der Waals surface area contributed by atoms with Crippen LogP contribution in [-0.4, -0.2) is 34.4 Å². The number of piperidine rings is 1. The lowest BCUT2D eigenvalue weighted by Crippen LogP contribution is -2.29. The van der Waals surface area contributed by atoms with E-state index in [0.717, 1.165) is 31.5 Å². The number of carbonyl (C=O) groups is 1. The highest BCUT2D eigenvalue weighted by Gasteiger charge is 2.22. The monoisotopic (exact) mass is 267 g/mol. The fourth-order valence-electron chi connectivity index (χ4n) is 1.89. The number of H-pyrrole nitrogens is 1. The summed E-state index contributed by atoms with van der Waals surface area (Å²) in [5.41, 5.74) is 1.06. The molecule has 3 N–H and O–H groups in total. The van der Waals surface area contributed by atoms with Gasteiger partial charge in [0, 0.05) is 18.0 Å². The molecule has 0 radical (unpaired) electrons. The Morgan fingerprint density at radius 1 is 1.50 bits per heavy atom. The van der Waals surface area contributed by atoms with Crippen molar-refractivity contribution in [2.45, 2.75) is 18.8 Å². The zero-order valence-electron chi connectivity index (χ0n) is 8.60. The number of halogens is 2. The predicted octanol–water partition coefficient (Wildman–Crippen LogP) is 1.42. The number of aromatic nitrogens is 2. The van der Waals surface area contributed by atoms with Crippen LogP contribution in [0.3, 0.4) is 0 Å². The molecule has 1 atom stereocenters. The molecule has 16 heavy (non-hydrogen) atoms. The second kappa shape index (κ2) is 6.73. The van der Waals surface area contributed by atoms with Gasteiger partial charge >= 0.3 is 5.97 Å². The number of aromatic amines is 1. The number of carboxylic acid groups (broad SMARTS) is 1. The summed E-state index contributed by atoms with van der Waals surface area (Å²) < 4.78 is 0.